The number of aromatic amines is 1. The molecule has 0 spiro atoms. The number of aromatic nitrogens is 1. The minimum Gasteiger partial charge on any atom is -0.480 e. The van der Waals surface area contributed by atoms with E-state index in [1.807, 2.05) is 48.4 Å². The Labute approximate surface area is 173 Å². The summed E-state index contributed by atoms with van der Waals surface area (Å²) in [5, 5.41) is 12.0. The first-order valence-corrected chi connectivity index (χ1v) is 9.94. The van der Waals surface area contributed by atoms with Crippen LogP contribution in [-0.4, -0.2) is 47.1 Å². The van der Waals surface area contributed by atoms with Gasteiger partial charge >= 0.3 is 5.97 Å². The Balaban J connectivity index is 1.56. The molecule has 146 valence electrons. The van der Waals surface area contributed by atoms with Crippen molar-refractivity contribution in [3.05, 3.63) is 63.8 Å². The fraction of sp³-hybridized carbons (Fsp3) is 0.286. The lowest BCUT2D eigenvalue weighted by Crippen LogP contribution is -2.49. The second-order valence-corrected chi connectivity index (χ2v) is 7.97. The van der Waals surface area contributed by atoms with Gasteiger partial charge in [-0.1, -0.05) is 34.8 Å². The molecule has 2 N–H and O–H groups in total. The maximum atomic E-state index is 12.2. The van der Waals surface area contributed by atoms with Crippen LogP contribution >= 0.6 is 23.2 Å². The van der Waals surface area contributed by atoms with Crippen molar-refractivity contribution in [1.82, 2.24) is 9.88 Å². The number of rotatable bonds is 4. The van der Waals surface area contributed by atoms with Crippen LogP contribution in [0.25, 0.3) is 10.9 Å². The van der Waals surface area contributed by atoms with E-state index in [0.717, 1.165) is 40.8 Å². The van der Waals surface area contributed by atoms with Crippen LogP contribution < -0.4 is 4.90 Å². The van der Waals surface area contributed by atoms with E-state index in [1.165, 1.54) is 0 Å². The maximum Gasteiger partial charge on any atom is 0.325 e. The number of piperazine rings is 1. The Morgan fingerprint density at radius 1 is 1.07 bits per heavy atom. The van der Waals surface area contributed by atoms with Crippen molar-refractivity contribution in [3.63, 3.8) is 0 Å². The highest BCUT2D eigenvalue weighted by Crippen LogP contribution is 2.32. The van der Waals surface area contributed by atoms with Crippen LogP contribution in [0.3, 0.4) is 0 Å². The number of halogens is 2. The number of nitrogens with one attached hydrogen (secondary N) is 1. The molecule has 1 saturated heterocycles. The molecular formula is C21H21Cl2N3O2. The fourth-order valence-electron chi connectivity index (χ4n) is 3.89. The summed E-state index contributed by atoms with van der Waals surface area (Å²) < 4.78 is 0. The number of hydrogen-bond donors (Lipinski definition) is 2. The normalized spacial score (nSPS) is 16.5. The number of fused-ring (bicyclic) bond motifs is 1. The van der Waals surface area contributed by atoms with Crippen molar-refractivity contribution >= 4 is 45.8 Å². The SMILES string of the molecule is Cc1ccc2[nH]cc([C@@H](C(=O)O)N3CCN(c4ccc(Cl)c(Cl)c4)CC3)c2c1. The summed E-state index contributed by atoms with van der Waals surface area (Å²) in [6.07, 6.45) is 1.83. The van der Waals surface area contributed by atoms with E-state index >= 15 is 0 Å². The highest BCUT2D eigenvalue weighted by Gasteiger charge is 2.32. The number of aryl methyl sites for hydroxylation is 1. The smallest absolute Gasteiger partial charge is 0.325 e. The molecule has 1 aliphatic heterocycles. The van der Waals surface area contributed by atoms with E-state index in [4.69, 9.17) is 23.2 Å². The largest absolute Gasteiger partial charge is 0.480 e. The second kappa shape index (κ2) is 7.66. The van der Waals surface area contributed by atoms with Crippen molar-refractivity contribution in [1.29, 1.82) is 0 Å². The van der Waals surface area contributed by atoms with Gasteiger partial charge in [0.05, 0.1) is 10.0 Å². The number of nitrogens with zero attached hydrogens (tertiary/aromatic N) is 2. The summed E-state index contributed by atoms with van der Waals surface area (Å²) in [6.45, 7) is 4.76. The molecule has 5 nitrogen and oxygen atoms in total. The lowest BCUT2D eigenvalue weighted by molar-refractivity contribution is -0.143. The van der Waals surface area contributed by atoms with Crippen LogP contribution in [0.1, 0.15) is 17.2 Å². The van der Waals surface area contributed by atoms with Gasteiger partial charge in [0, 0.05) is 54.5 Å². The predicted molar refractivity (Wildman–Crippen MR) is 114 cm³/mol. The summed E-state index contributed by atoms with van der Waals surface area (Å²) in [5.41, 5.74) is 3.89. The third kappa shape index (κ3) is 3.58. The molecule has 2 aromatic carbocycles. The molecule has 28 heavy (non-hydrogen) atoms. The molecule has 0 radical (unpaired) electrons. The summed E-state index contributed by atoms with van der Waals surface area (Å²) >= 11 is 12.1. The number of benzene rings is 2. The molecule has 7 heteroatoms. The van der Waals surface area contributed by atoms with E-state index in [9.17, 15) is 9.90 Å². The maximum absolute atomic E-state index is 12.2. The van der Waals surface area contributed by atoms with Crippen LogP contribution in [0.15, 0.2) is 42.6 Å². The minimum absolute atomic E-state index is 0.527. The molecular weight excluding hydrogens is 397 g/mol. The molecule has 0 amide bonds. The zero-order valence-corrected chi connectivity index (χ0v) is 17.0. The number of hydrogen-bond acceptors (Lipinski definition) is 3. The van der Waals surface area contributed by atoms with E-state index in [0.29, 0.717) is 23.1 Å². The van der Waals surface area contributed by atoms with Gasteiger partial charge in [-0.05, 0) is 37.3 Å². The standard InChI is InChI=1S/C21H21Cl2N3O2/c1-13-2-5-19-15(10-13)16(12-24-19)20(21(27)28)26-8-6-25(7-9-26)14-3-4-17(22)18(23)11-14/h2-5,10-12,20,24H,6-9H2,1H3,(H,27,28)/t20-/m0/s1. The molecule has 2 heterocycles. The Morgan fingerprint density at radius 3 is 2.50 bits per heavy atom. The first-order valence-electron chi connectivity index (χ1n) is 9.18. The molecule has 1 aliphatic rings. The van der Waals surface area contributed by atoms with E-state index in [1.54, 1.807) is 6.07 Å². The first-order chi connectivity index (χ1) is 13.4. The number of carboxylic acids is 1. The minimum atomic E-state index is -0.828. The zero-order chi connectivity index (χ0) is 19.8. The fourth-order valence-corrected chi connectivity index (χ4v) is 4.18. The molecule has 1 aromatic heterocycles. The summed E-state index contributed by atoms with van der Waals surface area (Å²) in [4.78, 5) is 19.6. The van der Waals surface area contributed by atoms with Gasteiger partial charge in [-0.3, -0.25) is 9.69 Å². The first kappa shape index (κ1) is 19.1. The van der Waals surface area contributed by atoms with Gasteiger partial charge in [-0.25, -0.2) is 0 Å². The van der Waals surface area contributed by atoms with E-state index < -0.39 is 12.0 Å². The zero-order valence-electron chi connectivity index (χ0n) is 15.5. The average molecular weight is 418 g/mol. The van der Waals surface area contributed by atoms with Gasteiger partial charge < -0.3 is 15.0 Å². The second-order valence-electron chi connectivity index (χ2n) is 7.16. The monoisotopic (exact) mass is 417 g/mol. The van der Waals surface area contributed by atoms with E-state index in [-0.39, 0.29) is 0 Å². The Bertz CT molecular complexity index is 1030. The Hall–Kier alpha value is -2.21. The predicted octanol–water partition coefficient (Wildman–Crippen LogP) is 4.73. The van der Waals surface area contributed by atoms with Crippen LogP contribution in [0.4, 0.5) is 5.69 Å². The molecule has 0 saturated carbocycles. The highest BCUT2D eigenvalue weighted by molar-refractivity contribution is 6.42. The van der Waals surface area contributed by atoms with Crippen molar-refractivity contribution in [2.45, 2.75) is 13.0 Å². The quantitative estimate of drug-likeness (QED) is 0.643. The van der Waals surface area contributed by atoms with Crippen molar-refractivity contribution < 1.29 is 9.90 Å². The lowest BCUT2D eigenvalue weighted by Gasteiger charge is -2.38. The number of carbonyl (C=O) groups is 1. The van der Waals surface area contributed by atoms with Gasteiger partial charge in [0.2, 0.25) is 0 Å². The third-order valence-electron chi connectivity index (χ3n) is 5.35. The van der Waals surface area contributed by atoms with Crippen LogP contribution in [-0.2, 0) is 4.79 Å². The van der Waals surface area contributed by atoms with Gasteiger partial charge in [-0.15, -0.1) is 0 Å². The molecule has 0 bridgehead atoms. The van der Waals surface area contributed by atoms with Gasteiger partial charge in [-0.2, -0.15) is 0 Å². The molecule has 1 atom stereocenters. The van der Waals surface area contributed by atoms with Crippen molar-refractivity contribution in [2.24, 2.45) is 0 Å². The average Bonchev–Trinajstić information content (AvgIpc) is 3.07. The van der Waals surface area contributed by atoms with Crippen molar-refractivity contribution in [3.8, 4) is 0 Å². The number of anilines is 1. The molecule has 0 aliphatic carbocycles. The molecule has 0 unspecified atom stereocenters. The lowest BCUT2D eigenvalue weighted by atomic mass is 10.0. The molecule has 4 rings (SSSR count). The molecule has 1 fully saturated rings. The van der Waals surface area contributed by atoms with Gasteiger partial charge in [0.1, 0.15) is 6.04 Å². The van der Waals surface area contributed by atoms with Crippen molar-refractivity contribution in [2.75, 3.05) is 31.1 Å². The van der Waals surface area contributed by atoms with Crippen LogP contribution in [0.5, 0.6) is 0 Å². The number of carboxylic acid groups (broad SMARTS) is 1. The molecule has 3 aromatic rings. The summed E-state index contributed by atoms with van der Waals surface area (Å²) in [6, 6.07) is 11.0. The Morgan fingerprint density at radius 2 is 1.82 bits per heavy atom. The highest BCUT2D eigenvalue weighted by atomic mass is 35.5. The topological polar surface area (TPSA) is 59.6 Å². The van der Waals surface area contributed by atoms with Gasteiger partial charge in [0.15, 0.2) is 0 Å². The number of aliphatic carboxylic acids is 1. The number of H-pyrrole nitrogens is 1. The van der Waals surface area contributed by atoms with E-state index in [2.05, 4.69) is 9.88 Å². The summed E-state index contributed by atoms with van der Waals surface area (Å²) in [7, 11) is 0. The third-order valence-corrected chi connectivity index (χ3v) is 6.08. The van der Waals surface area contributed by atoms with Crippen LogP contribution in [0.2, 0.25) is 10.0 Å². The van der Waals surface area contributed by atoms with Gasteiger partial charge in [0.25, 0.3) is 0 Å². The van der Waals surface area contributed by atoms with Crippen LogP contribution in [0, 0.1) is 6.92 Å². The summed E-state index contributed by atoms with van der Waals surface area (Å²) in [5.74, 6) is -0.828. The Kier molecular flexibility index (Phi) is 5.23.